The third-order valence-corrected chi connectivity index (χ3v) is 7.27. The van der Waals surface area contributed by atoms with Gasteiger partial charge in [-0.1, -0.05) is 13.3 Å². The number of carbonyl (C=O) groups excluding carboxylic acids is 1. The van der Waals surface area contributed by atoms with Crippen LogP contribution in [0.15, 0.2) is 18.2 Å². The van der Waals surface area contributed by atoms with Crippen molar-refractivity contribution in [1.82, 2.24) is 4.90 Å². The van der Waals surface area contributed by atoms with Crippen LogP contribution in [0.1, 0.15) is 85.3 Å². The Hall–Kier alpha value is -4.35. The number of unbranched alkanes of at least 4 members (excludes halogenated alkanes) is 3. The minimum absolute atomic E-state index is 0.0130. The molecule has 2 aromatic rings. The number of aliphatic carboxylic acids is 2. The van der Waals surface area contributed by atoms with Gasteiger partial charge in [0, 0.05) is 24.9 Å². The Morgan fingerprint density at radius 3 is 2.14 bits per heavy atom. The number of carboxylic acids is 2. The van der Waals surface area contributed by atoms with E-state index in [0.717, 1.165) is 18.4 Å². The van der Waals surface area contributed by atoms with E-state index in [4.69, 9.17) is 34.6 Å². The Labute approximate surface area is 256 Å². The third-order valence-electron chi connectivity index (χ3n) is 7.27. The molecule has 0 amide bonds. The summed E-state index contributed by atoms with van der Waals surface area (Å²) in [5, 5.41) is 26.5. The Morgan fingerprint density at radius 1 is 0.886 bits per heavy atom. The van der Waals surface area contributed by atoms with Crippen molar-refractivity contribution in [2.75, 3.05) is 34.0 Å². The van der Waals surface area contributed by atoms with Crippen molar-refractivity contribution in [1.29, 1.82) is 5.41 Å². The molecule has 0 atom stereocenters. The third kappa shape index (κ3) is 8.84. The molecule has 1 heterocycles. The monoisotopic (exact) mass is 616 g/mol. The van der Waals surface area contributed by atoms with Crippen molar-refractivity contribution in [3.8, 4) is 23.0 Å². The van der Waals surface area contributed by atoms with Gasteiger partial charge in [-0.05, 0) is 67.9 Å². The molecule has 0 aromatic heterocycles. The highest BCUT2D eigenvalue weighted by Crippen LogP contribution is 2.39. The van der Waals surface area contributed by atoms with Crippen LogP contribution in [0.25, 0.3) is 0 Å². The summed E-state index contributed by atoms with van der Waals surface area (Å²) in [4.78, 5) is 36.9. The van der Waals surface area contributed by atoms with E-state index in [1.54, 1.807) is 18.2 Å². The molecular weight excluding hydrogens is 575 g/mol. The molecule has 44 heavy (non-hydrogen) atoms. The molecule has 3 rings (SSSR count). The van der Waals surface area contributed by atoms with Crippen molar-refractivity contribution in [3.63, 3.8) is 0 Å². The Balaban J connectivity index is 1.86. The smallest absolute Gasteiger partial charge is 0.303 e. The van der Waals surface area contributed by atoms with Crippen LogP contribution in [0.4, 0.5) is 4.39 Å². The van der Waals surface area contributed by atoms with Crippen LogP contribution >= 0.6 is 0 Å². The van der Waals surface area contributed by atoms with Crippen molar-refractivity contribution in [2.24, 2.45) is 0 Å². The molecule has 0 fully saturated rings. The normalized spacial score (nSPS) is 12.2. The average Bonchev–Trinajstić information content (AvgIpc) is 3.30. The highest BCUT2D eigenvalue weighted by molar-refractivity contribution is 6.06. The zero-order chi connectivity index (χ0) is 32.2. The molecule has 0 radical (unpaired) electrons. The van der Waals surface area contributed by atoms with Gasteiger partial charge in [-0.3, -0.25) is 19.8 Å². The Bertz CT molecular complexity index is 1360. The number of amidine groups is 1. The van der Waals surface area contributed by atoms with Gasteiger partial charge >= 0.3 is 11.9 Å². The molecule has 0 saturated carbocycles. The minimum Gasteiger partial charge on any atom is -0.493 e. The largest absolute Gasteiger partial charge is 0.493 e. The van der Waals surface area contributed by atoms with Crippen LogP contribution in [-0.4, -0.2) is 72.6 Å². The first-order chi connectivity index (χ1) is 21.1. The maximum Gasteiger partial charge on any atom is 0.303 e. The molecule has 0 unspecified atom stereocenters. The molecule has 1 aliphatic rings. The maximum atomic E-state index is 15.2. The van der Waals surface area contributed by atoms with E-state index in [-0.39, 0.29) is 67.8 Å². The maximum absolute atomic E-state index is 15.2. The molecule has 0 spiro atoms. The van der Waals surface area contributed by atoms with Crippen molar-refractivity contribution >= 4 is 23.6 Å². The number of fused-ring (bicyclic) bond motifs is 1. The summed E-state index contributed by atoms with van der Waals surface area (Å²) in [6.07, 6.45) is 4.23. The summed E-state index contributed by atoms with van der Waals surface area (Å²) >= 11 is 0. The van der Waals surface area contributed by atoms with Crippen LogP contribution in [0, 0.1) is 11.2 Å². The molecule has 0 saturated heterocycles. The lowest BCUT2D eigenvalue weighted by atomic mass is 10.0. The Kier molecular flexibility index (Phi) is 12.8. The van der Waals surface area contributed by atoms with Crippen LogP contribution in [-0.2, 0) is 22.6 Å². The standard InChI is InChI=1S/C32H41FN2O9/c1-4-5-10-20-15-21(16-25(43-13-8-6-11-26(37)38)30(20)44-14-9-7-12-27(39)40)23(36)19-35-18-22-17-24(41-2)31(42-3)29(33)28(22)32(35)34/h15-17,34H,4-14,18-19H2,1-3H3,(H,37,38)(H,39,40). The van der Waals surface area contributed by atoms with Gasteiger partial charge < -0.3 is 34.1 Å². The predicted octanol–water partition coefficient (Wildman–Crippen LogP) is 5.48. The van der Waals surface area contributed by atoms with Gasteiger partial charge in [-0.25, -0.2) is 4.39 Å². The first-order valence-corrected chi connectivity index (χ1v) is 14.8. The predicted molar refractivity (Wildman–Crippen MR) is 160 cm³/mol. The Morgan fingerprint density at radius 2 is 1.55 bits per heavy atom. The van der Waals surface area contributed by atoms with Crippen LogP contribution in [0.5, 0.6) is 23.0 Å². The van der Waals surface area contributed by atoms with E-state index >= 15 is 4.39 Å². The zero-order valence-corrected chi connectivity index (χ0v) is 25.5. The second-order valence-corrected chi connectivity index (χ2v) is 10.6. The highest BCUT2D eigenvalue weighted by Gasteiger charge is 2.33. The van der Waals surface area contributed by atoms with Gasteiger partial charge in [-0.2, -0.15) is 0 Å². The number of methoxy groups -OCH3 is 2. The molecule has 240 valence electrons. The number of ketones is 1. The lowest BCUT2D eigenvalue weighted by Gasteiger charge is -2.20. The summed E-state index contributed by atoms with van der Waals surface area (Å²) in [6.45, 7) is 2.48. The number of carboxylic acid groups (broad SMARTS) is 2. The van der Waals surface area contributed by atoms with Gasteiger partial charge in [-0.15, -0.1) is 0 Å². The van der Waals surface area contributed by atoms with Crippen LogP contribution in [0.3, 0.4) is 0 Å². The second kappa shape index (κ2) is 16.5. The molecule has 3 N–H and O–H groups in total. The molecule has 0 aliphatic carbocycles. The van der Waals surface area contributed by atoms with Crippen molar-refractivity contribution in [2.45, 2.75) is 71.3 Å². The fourth-order valence-electron chi connectivity index (χ4n) is 4.98. The van der Waals surface area contributed by atoms with E-state index in [1.165, 1.54) is 19.1 Å². The number of aryl methyl sites for hydroxylation is 1. The number of nitrogens with one attached hydrogen (secondary N) is 1. The van der Waals surface area contributed by atoms with Crippen molar-refractivity contribution in [3.05, 3.63) is 46.3 Å². The lowest BCUT2D eigenvalue weighted by Crippen LogP contribution is -2.30. The van der Waals surface area contributed by atoms with E-state index in [2.05, 4.69) is 0 Å². The van der Waals surface area contributed by atoms with E-state index in [1.807, 2.05) is 6.92 Å². The molecule has 12 heteroatoms. The van der Waals surface area contributed by atoms with Gasteiger partial charge in [0.2, 0.25) is 0 Å². The van der Waals surface area contributed by atoms with E-state index in [0.29, 0.717) is 54.7 Å². The quantitative estimate of drug-likeness (QED) is 0.129. The van der Waals surface area contributed by atoms with Gasteiger partial charge in [0.15, 0.2) is 34.6 Å². The van der Waals surface area contributed by atoms with E-state index in [9.17, 15) is 14.4 Å². The number of halogens is 1. The summed E-state index contributed by atoms with van der Waals surface area (Å²) < 4.78 is 37.7. The molecule has 0 bridgehead atoms. The number of Topliss-reactive ketones (excluding diaryl/α,β-unsaturated/α-hetero) is 1. The summed E-state index contributed by atoms with van der Waals surface area (Å²) in [5.41, 5.74) is 1.68. The number of benzene rings is 2. The molecule has 1 aliphatic heterocycles. The number of hydrogen-bond donors (Lipinski definition) is 3. The number of rotatable bonds is 20. The zero-order valence-electron chi connectivity index (χ0n) is 25.5. The first kappa shape index (κ1) is 34.1. The molecular formula is C32H41FN2O9. The molecule has 11 nitrogen and oxygen atoms in total. The average molecular weight is 617 g/mol. The number of nitrogens with zero attached hydrogens (tertiary/aromatic N) is 1. The summed E-state index contributed by atoms with van der Waals surface area (Å²) in [7, 11) is 2.72. The summed E-state index contributed by atoms with van der Waals surface area (Å²) in [5.74, 6) is -2.00. The second-order valence-electron chi connectivity index (χ2n) is 10.6. The minimum atomic E-state index is -0.892. The van der Waals surface area contributed by atoms with Gasteiger partial charge in [0.1, 0.15) is 5.84 Å². The fourth-order valence-corrected chi connectivity index (χ4v) is 4.98. The highest BCUT2D eigenvalue weighted by atomic mass is 19.1. The van der Waals surface area contributed by atoms with E-state index < -0.39 is 17.8 Å². The lowest BCUT2D eigenvalue weighted by molar-refractivity contribution is -0.138. The summed E-state index contributed by atoms with van der Waals surface area (Å²) in [6, 6.07) is 4.94. The van der Waals surface area contributed by atoms with Crippen LogP contribution < -0.4 is 18.9 Å². The number of carbonyl (C=O) groups is 3. The SMILES string of the molecule is CCCCc1cc(C(=O)CN2Cc3cc(OC)c(OC)c(F)c3C2=N)cc(OCCCCC(=O)O)c1OCCCCC(=O)O. The molecule has 2 aromatic carbocycles. The van der Waals surface area contributed by atoms with Gasteiger partial charge in [0.25, 0.3) is 0 Å². The fraction of sp³-hybridized carbons (Fsp3) is 0.500. The first-order valence-electron chi connectivity index (χ1n) is 14.8. The van der Waals surface area contributed by atoms with Crippen LogP contribution in [0.2, 0.25) is 0 Å². The van der Waals surface area contributed by atoms with Gasteiger partial charge in [0.05, 0.1) is 39.5 Å². The number of hydrogen-bond acceptors (Lipinski definition) is 8. The van der Waals surface area contributed by atoms with Crippen molar-refractivity contribution < 1.29 is 47.9 Å². The topological polar surface area (TPSA) is 156 Å². The number of ether oxygens (including phenoxy) is 4.